The molecular weight excluding hydrogens is 242 g/mol. The Bertz CT molecular complexity index is 510. The topological polar surface area (TPSA) is 29.0 Å². The minimum atomic E-state index is 0.503. The van der Waals surface area contributed by atoms with Crippen molar-refractivity contribution in [1.29, 1.82) is 0 Å². The Morgan fingerprint density at radius 2 is 2.39 bits per heavy atom. The lowest BCUT2D eigenvalue weighted by atomic mass is 10.1. The minimum Gasteiger partial charge on any atom is -0.298 e. The van der Waals surface area contributed by atoms with Gasteiger partial charge in [0.2, 0.25) is 0 Å². The van der Waals surface area contributed by atoms with Crippen molar-refractivity contribution in [3.05, 3.63) is 46.2 Å². The number of aromatic nitrogens is 2. The first kappa shape index (κ1) is 11.8. The van der Waals surface area contributed by atoms with Crippen LogP contribution in [-0.4, -0.2) is 28.0 Å². The van der Waals surface area contributed by atoms with Gasteiger partial charge in [0.25, 0.3) is 0 Å². The van der Waals surface area contributed by atoms with E-state index in [-0.39, 0.29) is 0 Å². The highest BCUT2D eigenvalue weighted by molar-refractivity contribution is 7.07. The molecule has 3 heterocycles. The van der Waals surface area contributed by atoms with Gasteiger partial charge in [-0.05, 0) is 48.3 Å². The van der Waals surface area contributed by atoms with Crippen LogP contribution in [0.4, 0.5) is 0 Å². The van der Waals surface area contributed by atoms with Gasteiger partial charge >= 0.3 is 0 Å². The summed E-state index contributed by atoms with van der Waals surface area (Å²) in [6, 6.07) is 4.17. The number of aryl methyl sites for hydroxylation is 1. The summed E-state index contributed by atoms with van der Waals surface area (Å²) >= 11 is 1.77. The van der Waals surface area contributed by atoms with Crippen molar-refractivity contribution in [2.45, 2.75) is 25.8 Å². The normalized spacial score (nSPS) is 20.4. The number of hydrogen-bond donors (Lipinski definition) is 0. The molecular formula is C14H17N3S. The van der Waals surface area contributed by atoms with Gasteiger partial charge in [-0.15, -0.1) is 0 Å². The van der Waals surface area contributed by atoms with E-state index < -0.39 is 0 Å². The van der Waals surface area contributed by atoms with Crippen LogP contribution in [0.1, 0.15) is 29.4 Å². The van der Waals surface area contributed by atoms with Crippen LogP contribution in [0.3, 0.4) is 0 Å². The highest BCUT2D eigenvalue weighted by atomic mass is 32.1. The molecule has 2 aromatic heterocycles. The third-order valence-corrected chi connectivity index (χ3v) is 4.17. The minimum absolute atomic E-state index is 0.503. The molecule has 0 radical (unpaired) electrons. The van der Waals surface area contributed by atoms with Crippen LogP contribution in [0.5, 0.6) is 0 Å². The zero-order valence-electron chi connectivity index (χ0n) is 10.5. The van der Waals surface area contributed by atoms with E-state index in [4.69, 9.17) is 0 Å². The molecule has 0 aromatic carbocycles. The van der Waals surface area contributed by atoms with Crippen molar-refractivity contribution in [1.82, 2.24) is 14.9 Å². The van der Waals surface area contributed by atoms with Crippen molar-refractivity contribution in [3.63, 3.8) is 0 Å². The van der Waals surface area contributed by atoms with Crippen LogP contribution < -0.4 is 0 Å². The summed E-state index contributed by atoms with van der Waals surface area (Å²) in [6.45, 7) is 5.33. The maximum Gasteiger partial charge on any atom is 0.132 e. The van der Waals surface area contributed by atoms with E-state index >= 15 is 0 Å². The van der Waals surface area contributed by atoms with Gasteiger partial charge in [0.05, 0.1) is 0 Å². The highest BCUT2D eigenvalue weighted by Gasteiger charge is 2.25. The lowest BCUT2D eigenvalue weighted by Crippen LogP contribution is -2.19. The van der Waals surface area contributed by atoms with Gasteiger partial charge in [0.1, 0.15) is 5.82 Å². The molecule has 0 spiro atoms. The first-order chi connectivity index (χ1) is 8.81. The molecule has 4 heteroatoms. The van der Waals surface area contributed by atoms with E-state index in [1.807, 2.05) is 19.2 Å². The average Bonchev–Trinajstić information content (AvgIpc) is 3.01. The molecule has 3 rings (SSSR count). The average molecular weight is 259 g/mol. The van der Waals surface area contributed by atoms with Crippen LogP contribution in [0.2, 0.25) is 0 Å². The summed E-state index contributed by atoms with van der Waals surface area (Å²) in [4.78, 5) is 11.5. The van der Waals surface area contributed by atoms with E-state index in [0.29, 0.717) is 5.92 Å². The Balaban J connectivity index is 1.65. The summed E-state index contributed by atoms with van der Waals surface area (Å²) in [5, 5.41) is 4.38. The summed E-state index contributed by atoms with van der Waals surface area (Å²) < 4.78 is 0. The fourth-order valence-corrected chi connectivity index (χ4v) is 3.15. The van der Waals surface area contributed by atoms with Crippen LogP contribution in [0.25, 0.3) is 0 Å². The van der Waals surface area contributed by atoms with Gasteiger partial charge in [-0.3, -0.25) is 4.90 Å². The monoisotopic (exact) mass is 259 g/mol. The second-order valence-electron chi connectivity index (χ2n) is 4.91. The van der Waals surface area contributed by atoms with E-state index in [1.54, 1.807) is 11.3 Å². The van der Waals surface area contributed by atoms with Crippen molar-refractivity contribution in [2.24, 2.45) is 0 Å². The van der Waals surface area contributed by atoms with Gasteiger partial charge in [-0.25, -0.2) is 9.97 Å². The maximum absolute atomic E-state index is 4.55. The summed E-state index contributed by atoms with van der Waals surface area (Å²) in [7, 11) is 0. The van der Waals surface area contributed by atoms with Gasteiger partial charge in [-0.1, -0.05) is 0 Å². The zero-order chi connectivity index (χ0) is 12.4. The van der Waals surface area contributed by atoms with Gasteiger partial charge in [-0.2, -0.15) is 11.3 Å². The molecule has 1 atom stereocenters. The molecule has 2 aromatic rings. The van der Waals surface area contributed by atoms with E-state index in [2.05, 4.69) is 31.7 Å². The molecule has 0 amide bonds. The Kier molecular flexibility index (Phi) is 3.39. The molecule has 1 saturated heterocycles. The molecule has 0 saturated carbocycles. The highest BCUT2D eigenvalue weighted by Crippen LogP contribution is 2.26. The predicted molar refractivity (Wildman–Crippen MR) is 73.7 cm³/mol. The lowest BCUT2D eigenvalue weighted by Gasteiger charge is -2.14. The second kappa shape index (κ2) is 5.16. The quantitative estimate of drug-likeness (QED) is 0.848. The molecule has 1 aliphatic heterocycles. The van der Waals surface area contributed by atoms with Crippen molar-refractivity contribution in [2.75, 3.05) is 13.1 Å². The summed E-state index contributed by atoms with van der Waals surface area (Å²) in [5.41, 5.74) is 2.49. The third kappa shape index (κ3) is 2.60. The SMILES string of the molecule is Cc1ccnc([C@H]2CCN(Cc3ccsc3)C2)n1. The smallest absolute Gasteiger partial charge is 0.132 e. The van der Waals surface area contributed by atoms with Gasteiger partial charge < -0.3 is 0 Å². The number of thiophene rings is 1. The van der Waals surface area contributed by atoms with Crippen LogP contribution in [0.15, 0.2) is 29.1 Å². The number of likely N-dealkylation sites (tertiary alicyclic amines) is 1. The molecule has 3 nitrogen and oxygen atoms in total. The Morgan fingerprint density at radius 3 is 3.17 bits per heavy atom. The van der Waals surface area contributed by atoms with E-state index in [0.717, 1.165) is 31.2 Å². The zero-order valence-corrected chi connectivity index (χ0v) is 11.4. The largest absolute Gasteiger partial charge is 0.298 e. The first-order valence-electron chi connectivity index (χ1n) is 6.34. The summed E-state index contributed by atoms with van der Waals surface area (Å²) in [5.74, 6) is 1.52. The predicted octanol–water partition coefficient (Wildman–Crippen LogP) is 2.84. The second-order valence-corrected chi connectivity index (χ2v) is 5.69. The first-order valence-corrected chi connectivity index (χ1v) is 7.28. The fourth-order valence-electron chi connectivity index (χ4n) is 2.49. The van der Waals surface area contributed by atoms with Crippen LogP contribution in [0, 0.1) is 6.92 Å². The fraction of sp³-hybridized carbons (Fsp3) is 0.429. The maximum atomic E-state index is 4.55. The molecule has 18 heavy (non-hydrogen) atoms. The molecule has 0 bridgehead atoms. The van der Waals surface area contributed by atoms with E-state index in [9.17, 15) is 0 Å². The molecule has 1 aliphatic rings. The molecule has 0 aliphatic carbocycles. The Hall–Kier alpha value is -1.26. The lowest BCUT2D eigenvalue weighted by molar-refractivity contribution is 0.326. The van der Waals surface area contributed by atoms with Crippen LogP contribution >= 0.6 is 11.3 Å². The number of hydrogen-bond acceptors (Lipinski definition) is 4. The Morgan fingerprint density at radius 1 is 1.44 bits per heavy atom. The van der Waals surface area contributed by atoms with E-state index in [1.165, 1.54) is 12.0 Å². The molecule has 0 N–H and O–H groups in total. The number of rotatable bonds is 3. The van der Waals surface area contributed by atoms with Crippen LogP contribution in [-0.2, 0) is 6.54 Å². The molecule has 1 fully saturated rings. The van der Waals surface area contributed by atoms with Gasteiger partial charge in [0.15, 0.2) is 0 Å². The Labute approximate surface area is 112 Å². The standard InChI is InChI=1S/C14H17N3S/c1-11-2-5-15-14(16-11)13-3-6-17(9-13)8-12-4-7-18-10-12/h2,4-5,7,10,13H,3,6,8-9H2,1H3/t13-/m0/s1. The third-order valence-electron chi connectivity index (χ3n) is 3.44. The molecule has 0 unspecified atom stereocenters. The number of nitrogens with zero attached hydrogens (tertiary/aromatic N) is 3. The summed E-state index contributed by atoms with van der Waals surface area (Å²) in [6.07, 6.45) is 3.05. The van der Waals surface area contributed by atoms with Gasteiger partial charge in [0, 0.05) is 30.9 Å². The van der Waals surface area contributed by atoms with Crippen molar-refractivity contribution in [3.8, 4) is 0 Å². The van der Waals surface area contributed by atoms with Crippen molar-refractivity contribution < 1.29 is 0 Å². The molecule has 94 valence electrons. The van der Waals surface area contributed by atoms with Crippen molar-refractivity contribution >= 4 is 11.3 Å².